The molecule has 0 unspecified atom stereocenters. The monoisotopic (exact) mass is 442 g/mol. The van der Waals surface area contributed by atoms with E-state index in [4.69, 9.17) is 11.6 Å². The molecule has 0 saturated heterocycles. The Bertz CT molecular complexity index is 1050. The highest BCUT2D eigenvalue weighted by molar-refractivity contribution is 7.17. The minimum absolute atomic E-state index is 0.0869. The number of benzene rings is 2. The van der Waals surface area contributed by atoms with E-state index < -0.39 is 0 Å². The van der Waals surface area contributed by atoms with Gasteiger partial charge in [-0.05, 0) is 50.8 Å². The predicted molar refractivity (Wildman–Crippen MR) is 122 cm³/mol. The van der Waals surface area contributed by atoms with Crippen LogP contribution in [0.2, 0.25) is 5.02 Å². The van der Waals surface area contributed by atoms with Crippen molar-refractivity contribution in [3.8, 4) is 10.6 Å². The van der Waals surface area contributed by atoms with Gasteiger partial charge >= 0.3 is 0 Å². The van der Waals surface area contributed by atoms with Crippen LogP contribution in [0.4, 0.5) is 5.69 Å². The lowest BCUT2D eigenvalue weighted by Crippen LogP contribution is -2.27. The van der Waals surface area contributed by atoms with Crippen molar-refractivity contribution in [2.75, 3.05) is 26.0 Å². The van der Waals surface area contributed by atoms with E-state index in [1.54, 1.807) is 17.0 Å². The normalized spacial score (nSPS) is 10.8. The van der Waals surface area contributed by atoms with Gasteiger partial charge in [-0.15, -0.1) is 11.3 Å². The zero-order valence-corrected chi connectivity index (χ0v) is 18.6. The molecule has 0 aliphatic rings. The lowest BCUT2D eigenvalue weighted by atomic mass is 10.2. The Labute approximate surface area is 184 Å². The minimum Gasteiger partial charge on any atom is -0.347 e. The SMILES string of the molecule is Cc1nc(-c2ccc(Cl)cc2)sc1C(=O)NCc1cccc(NC(=O)CN(C)C)c1. The summed E-state index contributed by atoms with van der Waals surface area (Å²) in [6.45, 7) is 2.48. The first kappa shape index (κ1) is 22.0. The molecule has 0 aliphatic heterocycles. The van der Waals surface area contributed by atoms with E-state index in [0.29, 0.717) is 34.4 Å². The van der Waals surface area contributed by atoms with Crippen LogP contribution >= 0.6 is 22.9 Å². The molecule has 8 heteroatoms. The molecule has 0 atom stereocenters. The van der Waals surface area contributed by atoms with Crippen LogP contribution in [-0.4, -0.2) is 42.3 Å². The Morgan fingerprint density at radius 2 is 1.87 bits per heavy atom. The summed E-state index contributed by atoms with van der Waals surface area (Å²) in [5, 5.41) is 7.22. The van der Waals surface area contributed by atoms with Gasteiger partial charge in [0.05, 0.1) is 12.2 Å². The van der Waals surface area contributed by atoms with Gasteiger partial charge in [0.25, 0.3) is 5.91 Å². The van der Waals surface area contributed by atoms with Crippen molar-refractivity contribution in [1.82, 2.24) is 15.2 Å². The molecule has 0 radical (unpaired) electrons. The average molecular weight is 443 g/mol. The third-order valence-electron chi connectivity index (χ3n) is 4.22. The van der Waals surface area contributed by atoms with E-state index in [0.717, 1.165) is 16.1 Å². The quantitative estimate of drug-likeness (QED) is 0.575. The number of rotatable bonds is 7. The van der Waals surface area contributed by atoms with Crippen LogP contribution in [0.5, 0.6) is 0 Å². The maximum Gasteiger partial charge on any atom is 0.263 e. The molecule has 3 rings (SSSR count). The Morgan fingerprint density at radius 3 is 2.57 bits per heavy atom. The molecule has 3 aromatic rings. The standard InChI is InChI=1S/C22H23ClN4O2S/c1-14-20(30-22(25-14)16-7-9-17(23)10-8-16)21(29)24-12-15-5-4-6-18(11-15)26-19(28)13-27(2)3/h4-11H,12-13H2,1-3H3,(H,24,29)(H,26,28). The molecule has 6 nitrogen and oxygen atoms in total. The van der Waals surface area contributed by atoms with Crippen molar-refractivity contribution < 1.29 is 9.59 Å². The van der Waals surface area contributed by atoms with E-state index in [1.807, 2.05) is 57.4 Å². The van der Waals surface area contributed by atoms with Crippen molar-refractivity contribution in [3.63, 3.8) is 0 Å². The second kappa shape index (κ2) is 9.84. The molecule has 30 heavy (non-hydrogen) atoms. The van der Waals surface area contributed by atoms with E-state index >= 15 is 0 Å². The van der Waals surface area contributed by atoms with Crippen molar-refractivity contribution >= 4 is 40.4 Å². The fourth-order valence-corrected chi connectivity index (χ4v) is 3.95. The smallest absolute Gasteiger partial charge is 0.263 e. The molecular formula is C22H23ClN4O2S. The highest BCUT2D eigenvalue weighted by Gasteiger charge is 2.16. The topological polar surface area (TPSA) is 74.3 Å². The number of hydrogen-bond donors (Lipinski definition) is 2. The largest absolute Gasteiger partial charge is 0.347 e. The first-order valence-electron chi connectivity index (χ1n) is 9.37. The van der Waals surface area contributed by atoms with Gasteiger partial charge in [-0.25, -0.2) is 4.98 Å². The number of anilines is 1. The molecule has 1 heterocycles. The summed E-state index contributed by atoms with van der Waals surface area (Å²) < 4.78 is 0. The third kappa shape index (κ3) is 5.89. The van der Waals surface area contributed by atoms with Gasteiger partial charge in [-0.3, -0.25) is 9.59 Å². The van der Waals surface area contributed by atoms with Gasteiger partial charge in [0, 0.05) is 22.8 Å². The first-order chi connectivity index (χ1) is 14.3. The number of nitrogens with one attached hydrogen (secondary N) is 2. The summed E-state index contributed by atoms with van der Waals surface area (Å²) in [4.78, 5) is 31.5. The Hall–Kier alpha value is -2.74. The molecule has 0 fully saturated rings. The number of thiazole rings is 1. The van der Waals surface area contributed by atoms with Gasteiger partial charge in [0.2, 0.25) is 5.91 Å². The third-order valence-corrected chi connectivity index (χ3v) is 5.67. The number of aromatic nitrogens is 1. The van der Waals surface area contributed by atoms with Crippen molar-refractivity contribution in [2.24, 2.45) is 0 Å². The van der Waals surface area contributed by atoms with Crippen molar-refractivity contribution in [1.29, 1.82) is 0 Å². The van der Waals surface area contributed by atoms with Crippen LogP contribution in [0.1, 0.15) is 20.9 Å². The highest BCUT2D eigenvalue weighted by atomic mass is 35.5. The molecule has 0 saturated carbocycles. The lowest BCUT2D eigenvalue weighted by Gasteiger charge is -2.11. The minimum atomic E-state index is -0.174. The van der Waals surface area contributed by atoms with Crippen LogP contribution in [0.3, 0.4) is 0 Å². The zero-order chi connectivity index (χ0) is 21.7. The molecule has 2 aromatic carbocycles. The zero-order valence-electron chi connectivity index (χ0n) is 17.0. The second-order valence-electron chi connectivity index (χ2n) is 7.11. The van der Waals surface area contributed by atoms with Crippen LogP contribution < -0.4 is 10.6 Å². The fraction of sp³-hybridized carbons (Fsp3) is 0.227. The van der Waals surface area contributed by atoms with Crippen LogP contribution in [0.25, 0.3) is 10.6 Å². The van der Waals surface area contributed by atoms with Gasteiger partial charge in [0.15, 0.2) is 0 Å². The summed E-state index contributed by atoms with van der Waals surface area (Å²) in [6.07, 6.45) is 0. The number of likely N-dealkylation sites (N-methyl/N-ethyl adjacent to an activating group) is 1. The number of carbonyl (C=O) groups excluding carboxylic acids is 2. The van der Waals surface area contributed by atoms with Gasteiger partial charge in [0.1, 0.15) is 9.88 Å². The van der Waals surface area contributed by atoms with Crippen molar-refractivity contribution in [3.05, 3.63) is 69.7 Å². The van der Waals surface area contributed by atoms with E-state index in [9.17, 15) is 9.59 Å². The van der Waals surface area contributed by atoms with Crippen LogP contribution in [0.15, 0.2) is 48.5 Å². The average Bonchev–Trinajstić information content (AvgIpc) is 3.08. The molecule has 2 N–H and O–H groups in total. The first-order valence-corrected chi connectivity index (χ1v) is 10.6. The van der Waals surface area contributed by atoms with E-state index in [1.165, 1.54) is 11.3 Å². The number of halogens is 1. The Balaban J connectivity index is 1.64. The highest BCUT2D eigenvalue weighted by Crippen LogP contribution is 2.28. The summed E-state index contributed by atoms with van der Waals surface area (Å²) in [5.41, 5.74) is 3.21. The number of nitrogens with zero attached hydrogens (tertiary/aromatic N) is 2. The number of hydrogen-bond acceptors (Lipinski definition) is 5. The molecular weight excluding hydrogens is 420 g/mol. The molecule has 156 valence electrons. The number of aryl methyl sites for hydroxylation is 1. The lowest BCUT2D eigenvalue weighted by molar-refractivity contribution is -0.116. The number of amides is 2. The van der Waals surface area contributed by atoms with Gasteiger partial charge in [-0.2, -0.15) is 0 Å². The summed E-state index contributed by atoms with van der Waals surface area (Å²) in [7, 11) is 3.68. The maximum absolute atomic E-state index is 12.7. The summed E-state index contributed by atoms with van der Waals surface area (Å²) in [6, 6.07) is 14.8. The summed E-state index contributed by atoms with van der Waals surface area (Å²) in [5.74, 6) is -0.261. The maximum atomic E-state index is 12.7. The molecule has 1 aromatic heterocycles. The van der Waals surface area contributed by atoms with Gasteiger partial charge < -0.3 is 15.5 Å². The van der Waals surface area contributed by atoms with E-state index in [-0.39, 0.29) is 11.8 Å². The van der Waals surface area contributed by atoms with Crippen LogP contribution in [0, 0.1) is 6.92 Å². The fourth-order valence-electron chi connectivity index (χ4n) is 2.83. The number of carbonyl (C=O) groups is 2. The Morgan fingerprint density at radius 1 is 1.13 bits per heavy atom. The second-order valence-corrected chi connectivity index (χ2v) is 8.54. The van der Waals surface area contributed by atoms with Crippen molar-refractivity contribution in [2.45, 2.75) is 13.5 Å². The molecule has 0 spiro atoms. The summed E-state index contributed by atoms with van der Waals surface area (Å²) >= 11 is 7.29. The molecule has 2 amide bonds. The van der Waals surface area contributed by atoms with E-state index in [2.05, 4.69) is 15.6 Å². The molecule has 0 bridgehead atoms. The van der Waals surface area contributed by atoms with Crippen LogP contribution in [-0.2, 0) is 11.3 Å². The molecule has 0 aliphatic carbocycles. The Kier molecular flexibility index (Phi) is 7.20. The van der Waals surface area contributed by atoms with Gasteiger partial charge in [-0.1, -0.05) is 35.9 Å². The predicted octanol–water partition coefficient (Wildman–Crippen LogP) is 4.20.